The normalized spacial score (nSPS) is 10.8. The minimum absolute atomic E-state index is 0.0589. The number of nitrogens with one attached hydrogen (secondary N) is 1. The minimum atomic E-state index is -0.455. The number of rotatable bonds is 5. The number of amides is 1. The number of halogens is 2. The molecule has 0 unspecified atom stereocenters. The molecule has 0 bridgehead atoms. The average Bonchev–Trinajstić information content (AvgIpc) is 2.48. The summed E-state index contributed by atoms with van der Waals surface area (Å²) in [6.07, 6.45) is 1.27. The van der Waals surface area contributed by atoms with E-state index in [-0.39, 0.29) is 18.1 Å². The smallest absolute Gasteiger partial charge is 0.277 e. The topological polar surface area (TPSA) is 91.2 Å². The number of nitrogens with zero attached hydrogens (tertiary/aromatic N) is 1. The van der Waals surface area contributed by atoms with Crippen molar-refractivity contribution in [1.29, 1.82) is 0 Å². The van der Waals surface area contributed by atoms with Crippen molar-refractivity contribution in [2.24, 2.45) is 5.10 Å². The van der Waals surface area contributed by atoms with Crippen LogP contribution in [-0.4, -0.2) is 28.9 Å². The van der Waals surface area contributed by atoms with E-state index in [1.807, 2.05) is 19.1 Å². The molecular weight excluding hydrogens is 444 g/mol. The van der Waals surface area contributed by atoms with Crippen LogP contribution < -0.4 is 10.2 Å². The lowest BCUT2D eigenvalue weighted by atomic mass is 10.2. The molecule has 1 amide bonds. The quantitative estimate of drug-likeness (QED) is 0.473. The second kappa shape index (κ2) is 8.16. The molecule has 0 saturated heterocycles. The molecule has 2 rings (SSSR count). The van der Waals surface area contributed by atoms with Gasteiger partial charge in [-0.3, -0.25) is 4.79 Å². The fourth-order valence-corrected chi connectivity index (χ4v) is 3.45. The van der Waals surface area contributed by atoms with Gasteiger partial charge in [-0.2, -0.15) is 5.10 Å². The first-order valence-corrected chi connectivity index (χ1v) is 8.37. The molecule has 0 aliphatic carbocycles. The van der Waals surface area contributed by atoms with Gasteiger partial charge in [-0.1, -0.05) is 0 Å². The highest BCUT2D eigenvalue weighted by Crippen LogP contribution is 2.34. The Balaban J connectivity index is 1.91. The molecule has 0 aliphatic heterocycles. The molecule has 0 saturated carbocycles. The van der Waals surface area contributed by atoms with Gasteiger partial charge in [0, 0.05) is 11.6 Å². The lowest BCUT2D eigenvalue weighted by molar-refractivity contribution is -0.123. The van der Waals surface area contributed by atoms with Crippen molar-refractivity contribution < 1.29 is 19.7 Å². The van der Waals surface area contributed by atoms with E-state index in [1.54, 1.807) is 0 Å². The van der Waals surface area contributed by atoms with Gasteiger partial charge in [-0.25, -0.2) is 5.43 Å². The number of aryl methyl sites for hydroxylation is 1. The Kier molecular flexibility index (Phi) is 6.22. The summed E-state index contributed by atoms with van der Waals surface area (Å²) in [5.41, 5.74) is 3.70. The van der Waals surface area contributed by atoms with Crippen molar-refractivity contribution in [3.8, 4) is 17.2 Å². The zero-order valence-electron chi connectivity index (χ0n) is 12.6. The van der Waals surface area contributed by atoms with E-state index in [2.05, 4.69) is 42.4 Å². The summed E-state index contributed by atoms with van der Waals surface area (Å²) in [6, 6.07) is 7.81. The molecule has 2 aromatic carbocycles. The summed E-state index contributed by atoms with van der Waals surface area (Å²) in [5, 5.41) is 22.5. The van der Waals surface area contributed by atoms with Crippen molar-refractivity contribution in [3.63, 3.8) is 0 Å². The third-order valence-electron chi connectivity index (χ3n) is 2.90. The zero-order valence-corrected chi connectivity index (χ0v) is 15.8. The fraction of sp³-hybridized carbons (Fsp3) is 0.125. The SMILES string of the molecule is Cc1cc(Br)c(OCC(=O)N/N=C/c2ccc(O)cc2O)c(Br)c1. The molecule has 0 radical (unpaired) electrons. The number of aromatic hydroxyl groups is 2. The molecule has 2 aromatic rings. The molecule has 3 N–H and O–H groups in total. The van der Waals surface area contributed by atoms with Crippen LogP contribution in [-0.2, 0) is 4.79 Å². The third kappa shape index (κ3) is 4.97. The van der Waals surface area contributed by atoms with E-state index < -0.39 is 5.91 Å². The minimum Gasteiger partial charge on any atom is -0.508 e. The van der Waals surface area contributed by atoms with Crippen LogP contribution in [0.25, 0.3) is 0 Å². The maximum atomic E-state index is 11.8. The van der Waals surface area contributed by atoms with E-state index in [4.69, 9.17) is 4.74 Å². The van der Waals surface area contributed by atoms with Crippen LogP contribution in [0.4, 0.5) is 0 Å². The molecule has 0 spiro atoms. The first-order chi connectivity index (χ1) is 11.4. The molecule has 126 valence electrons. The average molecular weight is 458 g/mol. The van der Waals surface area contributed by atoms with Gasteiger partial charge in [0.2, 0.25) is 0 Å². The molecule has 6 nitrogen and oxygen atoms in total. The Labute approximate surface area is 155 Å². The summed E-state index contributed by atoms with van der Waals surface area (Å²) in [5.74, 6) is -0.132. The zero-order chi connectivity index (χ0) is 17.7. The molecule has 24 heavy (non-hydrogen) atoms. The van der Waals surface area contributed by atoms with Crippen molar-refractivity contribution in [2.75, 3.05) is 6.61 Å². The largest absolute Gasteiger partial charge is 0.508 e. The number of phenols is 2. The Morgan fingerprint density at radius 2 is 1.92 bits per heavy atom. The fourth-order valence-electron chi connectivity index (χ4n) is 1.81. The molecule has 0 aliphatic rings. The lowest BCUT2D eigenvalue weighted by Crippen LogP contribution is -2.24. The molecular formula is C16H14Br2N2O4. The number of carbonyl (C=O) groups excluding carboxylic acids is 1. The number of hydrogen-bond donors (Lipinski definition) is 3. The summed E-state index contributed by atoms with van der Waals surface area (Å²) < 4.78 is 6.94. The van der Waals surface area contributed by atoms with Crippen molar-refractivity contribution >= 4 is 44.0 Å². The van der Waals surface area contributed by atoms with E-state index in [0.29, 0.717) is 11.3 Å². The van der Waals surface area contributed by atoms with Gasteiger partial charge < -0.3 is 14.9 Å². The predicted molar refractivity (Wildman–Crippen MR) is 97.6 cm³/mol. The number of benzene rings is 2. The Hall–Kier alpha value is -2.06. The van der Waals surface area contributed by atoms with Crippen LogP contribution in [0.5, 0.6) is 17.2 Å². The van der Waals surface area contributed by atoms with Crippen LogP contribution in [0.1, 0.15) is 11.1 Å². The monoisotopic (exact) mass is 456 g/mol. The maximum absolute atomic E-state index is 11.8. The third-order valence-corrected chi connectivity index (χ3v) is 4.08. The Bertz CT molecular complexity index is 771. The molecule has 8 heteroatoms. The number of phenolic OH excluding ortho intramolecular Hbond substituents is 2. The summed E-state index contributed by atoms with van der Waals surface area (Å²) in [6.45, 7) is 1.72. The highest BCUT2D eigenvalue weighted by atomic mass is 79.9. The highest BCUT2D eigenvalue weighted by molar-refractivity contribution is 9.11. The number of ether oxygens (including phenoxy) is 1. The first-order valence-electron chi connectivity index (χ1n) is 6.79. The highest BCUT2D eigenvalue weighted by Gasteiger charge is 2.10. The van der Waals surface area contributed by atoms with Crippen LogP contribution in [0.2, 0.25) is 0 Å². The van der Waals surface area contributed by atoms with Gasteiger partial charge in [0.1, 0.15) is 17.2 Å². The Morgan fingerprint density at radius 3 is 2.54 bits per heavy atom. The second-order valence-corrected chi connectivity index (χ2v) is 6.59. The molecule has 0 aromatic heterocycles. The van der Waals surface area contributed by atoms with Crippen LogP contribution in [0.3, 0.4) is 0 Å². The number of hydrogen-bond acceptors (Lipinski definition) is 5. The van der Waals surface area contributed by atoms with Gasteiger partial charge in [0.05, 0.1) is 15.2 Å². The molecule has 0 atom stereocenters. The predicted octanol–water partition coefficient (Wildman–Crippen LogP) is 3.46. The van der Waals surface area contributed by atoms with Gasteiger partial charge in [0.15, 0.2) is 6.61 Å². The number of hydrazone groups is 1. The van der Waals surface area contributed by atoms with Crippen LogP contribution in [0.15, 0.2) is 44.4 Å². The van der Waals surface area contributed by atoms with Gasteiger partial charge >= 0.3 is 0 Å². The summed E-state index contributed by atoms with van der Waals surface area (Å²) in [4.78, 5) is 11.8. The Morgan fingerprint density at radius 1 is 1.25 bits per heavy atom. The van der Waals surface area contributed by atoms with Crippen molar-refractivity contribution in [1.82, 2.24) is 5.43 Å². The van der Waals surface area contributed by atoms with Gasteiger partial charge in [-0.05, 0) is 68.6 Å². The van der Waals surface area contributed by atoms with Gasteiger partial charge in [-0.15, -0.1) is 0 Å². The van der Waals surface area contributed by atoms with Gasteiger partial charge in [0.25, 0.3) is 5.91 Å². The van der Waals surface area contributed by atoms with Crippen LogP contribution in [0, 0.1) is 6.92 Å². The molecule has 0 fully saturated rings. The van der Waals surface area contributed by atoms with E-state index in [9.17, 15) is 15.0 Å². The standard InChI is InChI=1S/C16H14Br2N2O4/c1-9-4-12(17)16(13(18)5-9)24-8-15(23)20-19-7-10-2-3-11(21)6-14(10)22/h2-7,21-22H,8H2,1H3,(H,20,23)/b19-7+. The molecule has 0 heterocycles. The summed E-state index contributed by atoms with van der Waals surface area (Å²) in [7, 11) is 0. The van der Waals surface area contributed by atoms with Crippen molar-refractivity contribution in [2.45, 2.75) is 6.92 Å². The number of carbonyl (C=O) groups is 1. The van der Waals surface area contributed by atoms with E-state index in [1.165, 1.54) is 24.4 Å². The van der Waals surface area contributed by atoms with E-state index in [0.717, 1.165) is 14.5 Å². The second-order valence-electron chi connectivity index (χ2n) is 4.88. The van der Waals surface area contributed by atoms with E-state index >= 15 is 0 Å². The van der Waals surface area contributed by atoms with Crippen molar-refractivity contribution in [3.05, 3.63) is 50.4 Å². The summed E-state index contributed by atoms with van der Waals surface area (Å²) >= 11 is 6.76. The first kappa shape index (κ1) is 18.3. The van der Waals surface area contributed by atoms with Crippen LogP contribution >= 0.6 is 31.9 Å². The lowest BCUT2D eigenvalue weighted by Gasteiger charge is -2.10. The maximum Gasteiger partial charge on any atom is 0.277 e.